The van der Waals surface area contributed by atoms with E-state index in [0.29, 0.717) is 19.3 Å². The second-order valence-corrected chi connectivity index (χ2v) is 4.50. The van der Waals surface area contributed by atoms with Gasteiger partial charge in [-0.1, -0.05) is 19.9 Å². The molecule has 0 atom stereocenters. The van der Waals surface area contributed by atoms with Crippen LogP contribution in [0.5, 0.6) is 11.5 Å². The van der Waals surface area contributed by atoms with Gasteiger partial charge in [-0.2, -0.15) is 0 Å². The average Bonchev–Trinajstić information content (AvgIpc) is 2.39. The number of nitrogens with one attached hydrogen (secondary N) is 1. The van der Waals surface area contributed by atoms with Crippen LogP contribution in [0.2, 0.25) is 0 Å². The quantitative estimate of drug-likeness (QED) is 0.551. The SMILES string of the molecule is CCOCOc1ccc(CNC(C)C)cc1OCC. The van der Waals surface area contributed by atoms with Crippen LogP contribution in [0.4, 0.5) is 0 Å². The van der Waals surface area contributed by atoms with Crippen molar-refractivity contribution in [2.45, 2.75) is 40.3 Å². The van der Waals surface area contributed by atoms with Gasteiger partial charge in [-0.15, -0.1) is 0 Å². The second-order valence-electron chi connectivity index (χ2n) is 4.50. The lowest BCUT2D eigenvalue weighted by Crippen LogP contribution is -2.21. The Labute approximate surface area is 116 Å². The lowest BCUT2D eigenvalue weighted by atomic mass is 10.2. The fraction of sp³-hybridized carbons (Fsp3) is 0.600. The van der Waals surface area contributed by atoms with Gasteiger partial charge in [-0.05, 0) is 31.5 Å². The van der Waals surface area contributed by atoms with Gasteiger partial charge in [0.25, 0.3) is 0 Å². The summed E-state index contributed by atoms with van der Waals surface area (Å²) >= 11 is 0. The molecule has 0 aliphatic carbocycles. The summed E-state index contributed by atoms with van der Waals surface area (Å²) in [5, 5.41) is 3.38. The van der Waals surface area contributed by atoms with Crippen molar-refractivity contribution in [2.75, 3.05) is 20.0 Å². The van der Waals surface area contributed by atoms with E-state index in [1.807, 2.05) is 32.0 Å². The summed E-state index contributed by atoms with van der Waals surface area (Å²) in [6.45, 7) is 10.5. The largest absolute Gasteiger partial charge is 0.490 e. The van der Waals surface area contributed by atoms with Gasteiger partial charge in [0.1, 0.15) is 0 Å². The fourth-order valence-corrected chi connectivity index (χ4v) is 1.56. The standard InChI is InChI=1S/C15H25NO3/c1-5-17-11-19-14-8-7-13(10-16-12(3)4)9-15(14)18-6-2/h7-9,12,16H,5-6,10-11H2,1-4H3. The minimum atomic E-state index is 0.250. The summed E-state index contributed by atoms with van der Waals surface area (Å²) in [6, 6.07) is 6.45. The zero-order chi connectivity index (χ0) is 14.1. The van der Waals surface area contributed by atoms with Crippen LogP contribution in [0.3, 0.4) is 0 Å². The highest BCUT2D eigenvalue weighted by molar-refractivity contribution is 5.43. The molecule has 1 aromatic rings. The molecule has 0 saturated carbocycles. The van der Waals surface area contributed by atoms with Crippen molar-refractivity contribution >= 4 is 0 Å². The Morgan fingerprint density at radius 1 is 1.05 bits per heavy atom. The van der Waals surface area contributed by atoms with Gasteiger partial charge >= 0.3 is 0 Å². The Kier molecular flexibility index (Phi) is 7.30. The molecule has 0 heterocycles. The topological polar surface area (TPSA) is 39.7 Å². The molecule has 0 amide bonds. The average molecular weight is 267 g/mol. The van der Waals surface area contributed by atoms with Gasteiger partial charge in [0, 0.05) is 19.2 Å². The van der Waals surface area contributed by atoms with E-state index in [1.54, 1.807) is 0 Å². The van der Waals surface area contributed by atoms with Crippen molar-refractivity contribution in [2.24, 2.45) is 0 Å². The Morgan fingerprint density at radius 3 is 2.47 bits per heavy atom. The molecular formula is C15H25NO3. The maximum Gasteiger partial charge on any atom is 0.189 e. The molecule has 0 aliphatic heterocycles. The van der Waals surface area contributed by atoms with Crippen LogP contribution in [-0.2, 0) is 11.3 Å². The third-order valence-electron chi connectivity index (χ3n) is 2.52. The molecule has 0 aliphatic rings. The van der Waals surface area contributed by atoms with Crippen LogP contribution >= 0.6 is 0 Å². The molecule has 19 heavy (non-hydrogen) atoms. The van der Waals surface area contributed by atoms with E-state index < -0.39 is 0 Å². The molecule has 0 unspecified atom stereocenters. The predicted octanol–water partition coefficient (Wildman–Crippen LogP) is 2.96. The Bertz CT molecular complexity index is 366. The molecule has 0 spiro atoms. The van der Waals surface area contributed by atoms with Gasteiger partial charge in [-0.3, -0.25) is 0 Å². The maximum absolute atomic E-state index is 5.61. The molecule has 0 saturated heterocycles. The van der Waals surface area contributed by atoms with E-state index in [0.717, 1.165) is 18.0 Å². The van der Waals surface area contributed by atoms with Crippen molar-refractivity contribution in [1.29, 1.82) is 0 Å². The molecule has 0 bridgehead atoms. The highest BCUT2D eigenvalue weighted by Gasteiger charge is 2.07. The van der Waals surface area contributed by atoms with Gasteiger partial charge in [0.2, 0.25) is 0 Å². The van der Waals surface area contributed by atoms with Crippen LogP contribution in [0.15, 0.2) is 18.2 Å². The van der Waals surface area contributed by atoms with E-state index in [-0.39, 0.29) is 6.79 Å². The van der Waals surface area contributed by atoms with Gasteiger partial charge in [0.05, 0.1) is 6.61 Å². The molecule has 1 N–H and O–H groups in total. The highest BCUT2D eigenvalue weighted by Crippen LogP contribution is 2.28. The van der Waals surface area contributed by atoms with Crippen LogP contribution < -0.4 is 14.8 Å². The van der Waals surface area contributed by atoms with Crippen molar-refractivity contribution in [3.8, 4) is 11.5 Å². The number of benzene rings is 1. The molecule has 0 fully saturated rings. The molecular weight excluding hydrogens is 242 g/mol. The predicted molar refractivity (Wildman–Crippen MR) is 76.7 cm³/mol. The Hall–Kier alpha value is -1.26. The van der Waals surface area contributed by atoms with E-state index in [9.17, 15) is 0 Å². The van der Waals surface area contributed by atoms with Crippen molar-refractivity contribution in [1.82, 2.24) is 5.32 Å². The lowest BCUT2D eigenvalue weighted by molar-refractivity contribution is 0.0206. The van der Waals surface area contributed by atoms with Crippen LogP contribution in [-0.4, -0.2) is 26.0 Å². The van der Waals surface area contributed by atoms with Gasteiger partial charge in [0.15, 0.2) is 18.3 Å². The highest BCUT2D eigenvalue weighted by atomic mass is 16.7. The van der Waals surface area contributed by atoms with Crippen LogP contribution in [0.25, 0.3) is 0 Å². The minimum absolute atomic E-state index is 0.250. The van der Waals surface area contributed by atoms with E-state index in [4.69, 9.17) is 14.2 Å². The third kappa shape index (κ3) is 5.94. The van der Waals surface area contributed by atoms with E-state index in [2.05, 4.69) is 19.2 Å². The molecule has 108 valence electrons. The first-order valence-corrected chi connectivity index (χ1v) is 6.87. The Balaban J connectivity index is 2.69. The van der Waals surface area contributed by atoms with Crippen LogP contribution in [0, 0.1) is 0 Å². The number of hydrogen-bond acceptors (Lipinski definition) is 4. The smallest absolute Gasteiger partial charge is 0.189 e. The van der Waals surface area contributed by atoms with Crippen LogP contribution in [0.1, 0.15) is 33.3 Å². The second kappa shape index (κ2) is 8.77. The zero-order valence-electron chi connectivity index (χ0n) is 12.4. The number of rotatable bonds is 9. The van der Waals surface area contributed by atoms with Gasteiger partial charge < -0.3 is 19.5 Å². The first-order chi connectivity index (χ1) is 9.17. The number of hydrogen-bond donors (Lipinski definition) is 1. The van der Waals surface area contributed by atoms with Crippen molar-refractivity contribution in [3.05, 3.63) is 23.8 Å². The minimum Gasteiger partial charge on any atom is -0.490 e. The van der Waals surface area contributed by atoms with Crippen molar-refractivity contribution < 1.29 is 14.2 Å². The first-order valence-electron chi connectivity index (χ1n) is 6.87. The summed E-state index contributed by atoms with van der Waals surface area (Å²) in [7, 11) is 0. The molecule has 0 aromatic heterocycles. The normalized spacial score (nSPS) is 10.8. The monoisotopic (exact) mass is 267 g/mol. The summed E-state index contributed by atoms with van der Waals surface area (Å²) in [5.41, 5.74) is 1.18. The molecule has 1 aromatic carbocycles. The summed E-state index contributed by atoms with van der Waals surface area (Å²) < 4.78 is 16.3. The zero-order valence-corrected chi connectivity index (χ0v) is 12.4. The molecule has 4 heteroatoms. The summed E-state index contributed by atoms with van der Waals surface area (Å²) in [5.74, 6) is 1.49. The summed E-state index contributed by atoms with van der Waals surface area (Å²) in [4.78, 5) is 0. The first kappa shape index (κ1) is 15.8. The number of ether oxygens (including phenoxy) is 3. The fourth-order valence-electron chi connectivity index (χ4n) is 1.56. The van der Waals surface area contributed by atoms with E-state index in [1.165, 1.54) is 5.56 Å². The Morgan fingerprint density at radius 2 is 1.84 bits per heavy atom. The third-order valence-corrected chi connectivity index (χ3v) is 2.52. The molecule has 4 nitrogen and oxygen atoms in total. The van der Waals surface area contributed by atoms with Gasteiger partial charge in [-0.25, -0.2) is 0 Å². The maximum atomic E-state index is 5.61. The molecule has 1 rings (SSSR count). The molecule has 0 radical (unpaired) electrons. The lowest BCUT2D eigenvalue weighted by Gasteiger charge is -2.14. The van der Waals surface area contributed by atoms with Crippen molar-refractivity contribution in [3.63, 3.8) is 0 Å². The summed E-state index contributed by atoms with van der Waals surface area (Å²) in [6.07, 6.45) is 0. The van der Waals surface area contributed by atoms with E-state index >= 15 is 0 Å².